The zero-order valence-corrected chi connectivity index (χ0v) is 8.45. The van der Waals surface area contributed by atoms with E-state index in [-0.39, 0.29) is 16.3 Å². The molecule has 0 unspecified atom stereocenters. The van der Waals surface area contributed by atoms with Crippen LogP contribution in [-0.2, 0) is 4.79 Å². The van der Waals surface area contributed by atoms with E-state index in [0.717, 1.165) is 18.2 Å². The number of aliphatic hydroxyl groups excluding tert-OH is 1. The Morgan fingerprint density at radius 2 is 2.06 bits per heavy atom. The minimum atomic E-state index is -3.06. The number of benzene rings is 1. The summed E-state index contributed by atoms with van der Waals surface area (Å²) >= 11 is 5.53. The van der Waals surface area contributed by atoms with Crippen molar-refractivity contribution in [2.45, 2.75) is 12.7 Å². The monoisotopic (exact) mass is 251 g/mol. The van der Waals surface area contributed by atoms with Crippen LogP contribution in [0.4, 0.5) is 8.78 Å². The number of aliphatic hydroxyl groups is 1. The van der Waals surface area contributed by atoms with Crippen molar-refractivity contribution >= 4 is 17.6 Å². The molecule has 16 heavy (non-hydrogen) atoms. The van der Waals surface area contributed by atoms with E-state index in [2.05, 4.69) is 4.74 Å². The standard InChI is InChI=1S/C9H7ClF2O4/c10-5-1-4(7(13)8(14)15)2-6(3-5)16-9(11)12/h1-3,7,9,13H,(H,14,15)/p-1/t7-/m1/s1. The fourth-order valence-corrected chi connectivity index (χ4v) is 1.28. The van der Waals surface area contributed by atoms with Crippen molar-refractivity contribution in [2.24, 2.45) is 0 Å². The minimum Gasteiger partial charge on any atom is -0.547 e. The molecule has 0 spiro atoms. The molecule has 4 nitrogen and oxygen atoms in total. The van der Waals surface area contributed by atoms with Gasteiger partial charge in [-0.05, 0) is 23.8 Å². The van der Waals surface area contributed by atoms with Crippen molar-refractivity contribution in [1.29, 1.82) is 0 Å². The number of carboxylic acid groups (broad SMARTS) is 1. The van der Waals surface area contributed by atoms with Crippen LogP contribution >= 0.6 is 11.6 Å². The van der Waals surface area contributed by atoms with Crippen molar-refractivity contribution in [1.82, 2.24) is 0 Å². The molecule has 0 aliphatic rings. The molecule has 0 aliphatic heterocycles. The van der Waals surface area contributed by atoms with Crippen LogP contribution in [0.1, 0.15) is 11.7 Å². The zero-order valence-electron chi connectivity index (χ0n) is 7.69. The third-order valence-electron chi connectivity index (χ3n) is 1.66. The van der Waals surface area contributed by atoms with Crippen LogP contribution in [-0.4, -0.2) is 17.7 Å². The number of ether oxygens (including phenoxy) is 1. The molecule has 1 N–H and O–H groups in total. The molecule has 0 radical (unpaired) electrons. The number of rotatable bonds is 4. The minimum absolute atomic E-state index is 0.0338. The summed E-state index contributed by atoms with van der Waals surface area (Å²) in [6.45, 7) is -3.06. The number of halogens is 3. The van der Waals surface area contributed by atoms with E-state index in [4.69, 9.17) is 16.7 Å². The summed E-state index contributed by atoms with van der Waals surface area (Å²) in [5.74, 6) is -2.09. The number of hydrogen-bond donors (Lipinski definition) is 1. The normalized spacial score (nSPS) is 12.6. The molecule has 88 valence electrons. The highest BCUT2D eigenvalue weighted by Crippen LogP contribution is 2.26. The first-order chi connectivity index (χ1) is 7.40. The molecule has 1 rings (SSSR count). The van der Waals surface area contributed by atoms with Gasteiger partial charge < -0.3 is 19.7 Å². The topological polar surface area (TPSA) is 69.6 Å². The molecule has 0 bridgehead atoms. The van der Waals surface area contributed by atoms with Gasteiger partial charge in [0.25, 0.3) is 0 Å². The second kappa shape index (κ2) is 5.09. The Hall–Kier alpha value is -1.40. The smallest absolute Gasteiger partial charge is 0.387 e. The summed E-state index contributed by atoms with van der Waals surface area (Å²) < 4.78 is 27.8. The number of carboxylic acids is 1. The molecular formula is C9H6ClF2O4-. The Bertz CT molecular complexity index is 397. The van der Waals surface area contributed by atoms with E-state index in [1.54, 1.807) is 0 Å². The largest absolute Gasteiger partial charge is 0.547 e. The lowest BCUT2D eigenvalue weighted by atomic mass is 10.1. The Balaban J connectivity index is 3.02. The van der Waals surface area contributed by atoms with Crippen LogP contribution in [0.25, 0.3) is 0 Å². The van der Waals surface area contributed by atoms with E-state index in [9.17, 15) is 18.7 Å². The molecule has 1 aromatic carbocycles. The quantitative estimate of drug-likeness (QED) is 0.856. The molecule has 0 saturated heterocycles. The van der Waals surface area contributed by atoms with Gasteiger partial charge in [0.05, 0.1) is 5.97 Å². The molecule has 0 saturated carbocycles. The molecule has 0 fully saturated rings. The maximum Gasteiger partial charge on any atom is 0.387 e. The van der Waals surface area contributed by atoms with Gasteiger partial charge in [0.2, 0.25) is 0 Å². The summed E-state index contributed by atoms with van der Waals surface area (Å²) in [7, 11) is 0. The van der Waals surface area contributed by atoms with E-state index in [1.807, 2.05) is 0 Å². The van der Waals surface area contributed by atoms with Crippen molar-refractivity contribution in [3.63, 3.8) is 0 Å². The van der Waals surface area contributed by atoms with Gasteiger partial charge in [0.15, 0.2) is 0 Å². The molecular weight excluding hydrogens is 246 g/mol. The Morgan fingerprint density at radius 1 is 1.44 bits per heavy atom. The summed E-state index contributed by atoms with van der Waals surface area (Å²) in [6.07, 6.45) is -1.95. The highest BCUT2D eigenvalue weighted by atomic mass is 35.5. The van der Waals surface area contributed by atoms with Crippen molar-refractivity contribution in [3.8, 4) is 5.75 Å². The van der Waals surface area contributed by atoms with Gasteiger partial charge >= 0.3 is 6.61 Å². The van der Waals surface area contributed by atoms with E-state index in [1.165, 1.54) is 0 Å². The van der Waals surface area contributed by atoms with E-state index in [0.29, 0.717) is 0 Å². The predicted octanol–water partition coefficient (Wildman–Crippen LogP) is 0.725. The zero-order chi connectivity index (χ0) is 12.3. The maximum absolute atomic E-state index is 11.9. The molecule has 7 heteroatoms. The molecule has 0 heterocycles. The number of hydrogen-bond acceptors (Lipinski definition) is 4. The first-order valence-electron chi connectivity index (χ1n) is 4.04. The van der Waals surface area contributed by atoms with Crippen molar-refractivity contribution < 1.29 is 28.5 Å². The lowest BCUT2D eigenvalue weighted by Gasteiger charge is -2.13. The van der Waals surface area contributed by atoms with Crippen LogP contribution in [0.5, 0.6) is 5.75 Å². The highest BCUT2D eigenvalue weighted by Gasteiger charge is 2.13. The average Bonchev–Trinajstić information content (AvgIpc) is 2.14. The maximum atomic E-state index is 11.9. The van der Waals surface area contributed by atoms with Gasteiger partial charge in [-0.25, -0.2) is 0 Å². The number of aliphatic carboxylic acids is 1. The molecule has 0 amide bonds. The van der Waals surface area contributed by atoms with Crippen LogP contribution in [0.15, 0.2) is 18.2 Å². The Morgan fingerprint density at radius 3 is 2.56 bits per heavy atom. The number of alkyl halides is 2. The summed E-state index contributed by atoms with van der Waals surface area (Å²) in [4.78, 5) is 10.4. The van der Waals surface area contributed by atoms with Crippen molar-refractivity contribution in [2.75, 3.05) is 0 Å². The Labute approximate surface area is 94.0 Å². The number of carbonyl (C=O) groups is 1. The summed E-state index contributed by atoms with van der Waals surface area (Å²) in [5, 5.41) is 19.4. The number of carbonyl (C=O) groups excluding carboxylic acids is 1. The van der Waals surface area contributed by atoms with Crippen LogP contribution < -0.4 is 9.84 Å². The second-order valence-electron chi connectivity index (χ2n) is 2.82. The predicted molar refractivity (Wildman–Crippen MR) is 48.1 cm³/mol. The Kier molecular flexibility index (Phi) is 4.03. The fraction of sp³-hybridized carbons (Fsp3) is 0.222. The second-order valence-corrected chi connectivity index (χ2v) is 3.26. The molecule has 1 aromatic rings. The SMILES string of the molecule is O=C([O-])[C@H](O)c1cc(Cl)cc(OC(F)F)c1. The summed E-state index contributed by atoms with van der Waals surface area (Å²) in [5.41, 5.74) is -0.192. The lowest BCUT2D eigenvalue weighted by Crippen LogP contribution is -2.29. The van der Waals surface area contributed by atoms with Gasteiger partial charge in [-0.1, -0.05) is 11.6 Å². The van der Waals surface area contributed by atoms with Gasteiger partial charge in [-0.3, -0.25) is 0 Å². The van der Waals surface area contributed by atoms with Crippen LogP contribution in [0.2, 0.25) is 5.02 Å². The van der Waals surface area contributed by atoms with Crippen LogP contribution in [0, 0.1) is 0 Å². The van der Waals surface area contributed by atoms with Gasteiger partial charge in [-0.15, -0.1) is 0 Å². The van der Waals surface area contributed by atoms with E-state index >= 15 is 0 Å². The fourth-order valence-electron chi connectivity index (χ4n) is 1.05. The highest BCUT2D eigenvalue weighted by molar-refractivity contribution is 6.30. The first-order valence-corrected chi connectivity index (χ1v) is 4.42. The molecule has 1 atom stereocenters. The van der Waals surface area contributed by atoms with Crippen LogP contribution in [0.3, 0.4) is 0 Å². The lowest BCUT2D eigenvalue weighted by molar-refractivity contribution is -0.315. The van der Waals surface area contributed by atoms with Gasteiger partial charge in [0, 0.05) is 5.02 Å². The van der Waals surface area contributed by atoms with Gasteiger partial charge in [0.1, 0.15) is 11.9 Å². The first kappa shape index (κ1) is 12.7. The van der Waals surface area contributed by atoms with Crippen molar-refractivity contribution in [3.05, 3.63) is 28.8 Å². The van der Waals surface area contributed by atoms with Gasteiger partial charge in [-0.2, -0.15) is 8.78 Å². The molecule has 0 aromatic heterocycles. The van der Waals surface area contributed by atoms with E-state index < -0.39 is 18.7 Å². The molecule has 0 aliphatic carbocycles. The third-order valence-corrected chi connectivity index (χ3v) is 1.88. The summed E-state index contributed by atoms with van der Waals surface area (Å²) in [6, 6.07) is 3.12. The average molecular weight is 252 g/mol. The third kappa shape index (κ3) is 3.32.